The number of carbonyl (C=O) groups is 1. The van der Waals surface area contributed by atoms with Gasteiger partial charge in [-0.15, -0.1) is 0 Å². The summed E-state index contributed by atoms with van der Waals surface area (Å²) in [7, 11) is -0.895. The molecule has 2 N–H and O–H groups in total. The number of anilines is 1. The highest BCUT2D eigenvalue weighted by Crippen LogP contribution is 2.33. The summed E-state index contributed by atoms with van der Waals surface area (Å²) >= 11 is 0. The normalized spacial score (nSPS) is 12.3. The Balaban J connectivity index is 1.93. The largest absolute Gasteiger partial charge is 0.418 e. The molecular weight excluding hydrogens is 423 g/mol. The molecule has 0 atom stereocenters. The van der Waals surface area contributed by atoms with E-state index in [9.17, 15) is 31.2 Å². The molecule has 7 nitrogen and oxygen atoms in total. The number of aromatic nitrogens is 1. The fourth-order valence-electron chi connectivity index (χ4n) is 2.78. The molecule has 0 aliphatic carbocycles. The third-order valence-electron chi connectivity index (χ3n) is 4.36. The van der Waals surface area contributed by atoms with Crippen LogP contribution in [0.15, 0.2) is 58.4 Å². The van der Waals surface area contributed by atoms with E-state index in [0.717, 1.165) is 22.6 Å². The fourth-order valence-corrected chi connectivity index (χ4v) is 3.68. The number of hydrogen-bond donors (Lipinski definition) is 2. The van der Waals surface area contributed by atoms with Crippen molar-refractivity contribution < 1.29 is 26.4 Å². The third-order valence-corrected chi connectivity index (χ3v) is 6.18. The van der Waals surface area contributed by atoms with Crippen LogP contribution in [0.2, 0.25) is 0 Å². The molecule has 0 spiro atoms. The van der Waals surface area contributed by atoms with Gasteiger partial charge in [-0.25, -0.2) is 12.7 Å². The van der Waals surface area contributed by atoms with Gasteiger partial charge in [0.2, 0.25) is 15.5 Å². The smallest absolute Gasteiger partial charge is 0.360 e. The maximum Gasteiger partial charge on any atom is 0.418 e. The van der Waals surface area contributed by atoms with E-state index in [1.54, 1.807) is 0 Å². The summed E-state index contributed by atoms with van der Waals surface area (Å²) in [5.74, 6) is -0.848. The molecular formula is C19H16F3N3O4S. The summed E-state index contributed by atoms with van der Waals surface area (Å²) < 4.78 is 64.5. The summed E-state index contributed by atoms with van der Waals surface area (Å²) in [4.78, 5) is 27.4. The van der Waals surface area contributed by atoms with Crippen LogP contribution in [-0.2, 0) is 16.2 Å². The molecule has 1 heterocycles. The second-order valence-electron chi connectivity index (χ2n) is 6.52. The lowest BCUT2D eigenvalue weighted by atomic mass is 10.1. The van der Waals surface area contributed by atoms with Gasteiger partial charge in [0.15, 0.2) is 0 Å². The molecule has 1 amide bonds. The SMILES string of the molecule is CN(C)S(=O)(=O)c1ccc(NC(=O)c2c[nH]c3c(C(F)(F)F)cccc3c2=O)cc1. The molecule has 0 bridgehead atoms. The van der Waals surface area contributed by atoms with Crippen molar-refractivity contribution in [3.63, 3.8) is 0 Å². The average molecular weight is 439 g/mol. The first-order valence-electron chi connectivity index (χ1n) is 8.48. The minimum absolute atomic E-state index is 0.00808. The van der Waals surface area contributed by atoms with Crippen molar-refractivity contribution in [1.82, 2.24) is 9.29 Å². The van der Waals surface area contributed by atoms with Gasteiger partial charge in [-0.3, -0.25) is 9.59 Å². The second kappa shape index (κ2) is 7.58. The number of aromatic amines is 1. The third kappa shape index (κ3) is 3.94. The van der Waals surface area contributed by atoms with Gasteiger partial charge in [0.1, 0.15) is 5.56 Å². The average Bonchev–Trinajstić information content (AvgIpc) is 2.67. The van der Waals surface area contributed by atoms with E-state index < -0.39 is 38.6 Å². The number of halogens is 3. The lowest BCUT2D eigenvalue weighted by Crippen LogP contribution is -2.23. The van der Waals surface area contributed by atoms with Gasteiger partial charge in [-0.05, 0) is 36.4 Å². The number of hydrogen-bond acceptors (Lipinski definition) is 4. The number of fused-ring (bicyclic) bond motifs is 1. The summed E-state index contributed by atoms with van der Waals surface area (Å²) in [6.07, 6.45) is -3.75. The van der Waals surface area contributed by atoms with Crippen molar-refractivity contribution in [2.45, 2.75) is 11.1 Å². The number of amides is 1. The minimum atomic E-state index is -4.67. The highest BCUT2D eigenvalue weighted by atomic mass is 32.2. The number of benzene rings is 2. The summed E-state index contributed by atoms with van der Waals surface area (Å²) in [5, 5.41) is 2.15. The molecule has 158 valence electrons. The molecule has 0 unspecified atom stereocenters. The summed E-state index contributed by atoms with van der Waals surface area (Å²) in [6.45, 7) is 0. The second-order valence-corrected chi connectivity index (χ2v) is 8.68. The number of alkyl halides is 3. The van der Waals surface area contributed by atoms with E-state index in [2.05, 4.69) is 10.3 Å². The number of rotatable bonds is 4. The Labute approximate surface area is 169 Å². The van der Waals surface area contributed by atoms with Crippen LogP contribution in [0.1, 0.15) is 15.9 Å². The first-order valence-corrected chi connectivity index (χ1v) is 9.92. The van der Waals surface area contributed by atoms with E-state index in [1.807, 2.05) is 0 Å². The molecule has 0 radical (unpaired) electrons. The molecule has 3 aromatic rings. The summed E-state index contributed by atoms with van der Waals surface area (Å²) in [6, 6.07) is 8.36. The van der Waals surface area contributed by atoms with Crippen molar-refractivity contribution in [3.8, 4) is 0 Å². The molecule has 0 aliphatic rings. The number of sulfonamides is 1. The van der Waals surface area contributed by atoms with Crippen molar-refractivity contribution in [3.05, 3.63) is 70.0 Å². The molecule has 2 aromatic carbocycles. The fraction of sp³-hybridized carbons (Fsp3) is 0.158. The lowest BCUT2D eigenvalue weighted by Gasteiger charge is -2.12. The Morgan fingerprint density at radius 1 is 1.07 bits per heavy atom. The first kappa shape index (κ1) is 21.5. The molecule has 0 fully saturated rings. The lowest BCUT2D eigenvalue weighted by molar-refractivity contribution is -0.136. The first-order chi connectivity index (χ1) is 13.9. The number of nitrogens with zero attached hydrogens (tertiary/aromatic N) is 1. The van der Waals surface area contributed by atoms with Crippen molar-refractivity contribution in [2.75, 3.05) is 19.4 Å². The highest BCUT2D eigenvalue weighted by molar-refractivity contribution is 7.89. The van der Waals surface area contributed by atoms with E-state index in [1.165, 1.54) is 44.4 Å². The Hall–Kier alpha value is -3.18. The molecule has 0 saturated carbocycles. The predicted octanol–water partition coefficient (Wildman–Crippen LogP) is 3.05. The summed E-state index contributed by atoms with van der Waals surface area (Å²) in [5.41, 5.74) is -2.46. The van der Waals surface area contributed by atoms with Crippen LogP contribution in [0.3, 0.4) is 0 Å². The van der Waals surface area contributed by atoms with Gasteiger partial charge in [-0.1, -0.05) is 6.07 Å². The number of para-hydroxylation sites is 1. The van der Waals surface area contributed by atoms with Crippen LogP contribution >= 0.6 is 0 Å². The Morgan fingerprint density at radius 2 is 1.70 bits per heavy atom. The number of carbonyl (C=O) groups excluding carboxylic acids is 1. The minimum Gasteiger partial charge on any atom is -0.360 e. The van der Waals surface area contributed by atoms with Gasteiger partial charge >= 0.3 is 6.18 Å². The topological polar surface area (TPSA) is 99.3 Å². The molecule has 30 heavy (non-hydrogen) atoms. The quantitative estimate of drug-likeness (QED) is 0.653. The maximum atomic E-state index is 13.1. The Kier molecular flexibility index (Phi) is 5.44. The number of nitrogens with one attached hydrogen (secondary N) is 2. The van der Waals surface area contributed by atoms with Crippen LogP contribution < -0.4 is 10.7 Å². The zero-order chi connectivity index (χ0) is 22.3. The van der Waals surface area contributed by atoms with E-state index >= 15 is 0 Å². The van der Waals surface area contributed by atoms with Crippen LogP contribution in [0.25, 0.3) is 10.9 Å². The van der Waals surface area contributed by atoms with Gasteiger partial charge in [-0.2, -0.15) is 13.2 Å². The number of pyridine rings is 1. The highest BCUT2D eigenvalue weighted by Gasteiger charge is 2.33. The van der Waals surface area contributed by atoms with E-state index in [4.69, 9.17) is 0 Å². The van der Waals surface area contributed by atoms with Crippen LogP contribution in [-0.4, -0.2) is 37.7 Å². The van der Waals surface area contributed by atoms with Crippen LogP contribution in [0.4, 0.5) is 18.9 Å². The molecule has 11 heteroatoms. The Bertz CT molecular complexity index is 1280. The Morgan fingerprint density at radius 3 is 2.27 bits per heavy atom. The monoisotopic (exact) mass is 439 g/mol. The molecule has 3 rings (SSSR count). The number of H-pyrrole nitrogens is 1. The molecule has 0 aliphatic heterocycles. The van der Waals surface area contributed by atoms with Crippen LogP contribution in [0.5, 0.6) is 0 Å². The van der Waals surface area contributed by atoms with E-state index in [-0.39, 0.29) is 21.5 Å². The van der Waals surface area contributed by atoms with Gasteiger partial charge in [0.25, 0.3) is 5.91 Å². The van der Waals surface area contributed by atoms with Crippen molar-refractivity contribution >= 4 is 32.5 Å². The van der Waals surface area contributed by atoms with Crippen molar-refractivity contribution in [2.24, 2.45) is 0 Å². The standard InChI is InChI=1S/C19H16F3N3O4S/c1-25(2)30(28,29)12-8-6-11(7-9-12)24-18(27)14-10-23-16-13(17(14)26)4-3-5-15(16)19(20,21)22/h3-10H,1-2H3,(H,23,26)(H,24,27). The molecule has 1 aromatic heterocycles. The van der Waals surface area contributed by atoms with Gasteiger partial charge in [0, 0.05) is 31.4 Å². The van der Waals surface area contributed by atoms with Gasteiger partial charge in [0.05, 0.1) is 16.0 Å². The maximum absolute atomic E-state index is 13.1. The van der Waals surface area contributed by atoms with Crippen molar-refractivity contribution in [1.29, 1.82) is 0 Å². The van der Waals surface area contributed by atoms with Gasteiger partial charge < -0.3 is 10.3 Å². The zero-order valence-electron chi connectivity index (χ0n) is 15.7. The van der Waals surface area contributed by atoms with Crippen LogP contribution in [0, 0.1) is 0 Å². The molecule has 0 saturated heterocycles. The van der Waals surface area contributed by atoms with E-state index in [0.29, 0.717) is 0 Å². The predicted molar refractivity (Wildman–Crippen MR) is 105 cm³/mol. The zero-order valence-corrected chi connectivity index (χ0v) is 16.6.